The molecule has 0 aliphatic rings. The fourth-order valence-electron chi connectivity index (χ4n) is 2.77. The van der Waals surface area contributed by atoms with Crippen LogP contribution in [0.15, 0.2) is 18.2 Å². The van der Waals surface area contributed by atoms with Crippen molar-refractivity contribution < 1.29 is 14.0 Å². The van der Waals surface area contributed by atoms with Crippen LogP contribution in [0.5, 0.6) is 0 Å². The van der Waals surface area contributed by atoms with Crippen molar-refractivity contribution in [1.29, 1.82) is 0 Å². The number of carbonyl (C=O) groups is 2. The maximum Gasteiger partial charge on any atom is 0.266 e. The van der Waals surface area contributed by atoms with Crippen LogP contribution in [-0.4, -0.2) is 21.8 Å². The van der Waals surface area contributed by atoms with Crippen molar-refractivity contribution in [2.24, 2.45) is 0 Å². The molecular formula is C18H17FN4O2S. The van der Waals surface area contributed by atoms with Crippen LogP contribution in [0.25, 0.3) is 10.2 Å². The highest BCUT2D eigenvalue weighted by molar-refractivity contribution is 7.20. The Labute approximate surface area is 153 Å². The lowest BCUT2D eigenvalue weighted by molar-refractivity contribution is -0.114. The molecule has 2 N–H and O–H groups in total. The Hall–Kier alpha value is -2.87. The average Bonchev–Trinajstić information content (AvgIpc) is 2.87. The number of aromatic nitrogens is 2. The van der Waals surface area contributed by atoms with Gasteiger partial charge in [-0.2, -0.15) is 0 Å². The minimum atomic E-state index is -0.585. The zero-order chi connectivity index (χ0) is 19.0. The summed E-state index contributed by atoms with van der Waals surface area (Å²) in [6.07, 6.45) is 0. The van der Waals surface area contributed by atoms with E-state index in [2.05, 4.69) is 20.6 Å². The molecule has 0 saturated carbocycles. The van der Waals surface area contributed by atoms with Crippen LogP contribution in [0, 0.1) is 26.6 Å². The molecule has 0 aliphatic heterocycles. The first kappa shape index (κ1) is 17.9. The Bertz CT molecular complexity index is 1050. The molecule has 3 rings (SSSR count). The van der Waals surface area contributed by atoms with Crippen LogP contribution < -0.4 is 10.6 Å². The van der Waals surface area contributed by atoms with Gasteiger partial charge in [-0.3, -0.25) is 9.59 Å². The molecule has 0 fully saturated rings. The van der Waals surface area contributed by atoms with Crippen LogP contribution in [0.4, 0.5) is 15.8 Å². The lowest BCUT2D eigenvalue weighted by Crippen LogP contribution is -2.13. The summed E-state index contributed by atoms with van der Waals surface area (Å²) in [4.78, 5) is 33.7. The normalized spacial score (nSPS) is 10.8. The van der Waals surface area contributed by atoms with Gasteiger partial charge in [0.15, 0.2) is 0 Å². The van der Waals surface area contributed by atoms with E-state index in [0.717, 1.165) is 21.5 Å². The molecule has 3 aromatic rings. The van der Waals surface area contributed by atoms with Crippen molar-refractivity contribution in [3.05, 3.63) is 46.0 Å². The zero-order valence-corrected chi connectivity index (χ0v) is 15.5. The number of anilines is 2. The number of hydrogen-bond acceptors (Lipinski definition) is 5. The summed E-state index contributed by atoms with van der Waals surface area (Å²) < 4.78 is 14.1. The Balaban J connectivity index is 1.96. The lowest BCUT2D eigenvalue weighted by Gasteiger charge is -2.09. The van der Waals surface area contributed by atoms with Gasteiger partial charge in [0.2, 0.25) is 5.91 Å². The molecular weight excluding hydrogens is 355 g/mol. The van der Waals surface area contributed by atoms with Gasteiger partial charge < -0.3 is 10.6 Å². The number of nitrogens with zero attached hydrogens (tertiary/aromatic N) is 2. The van der Waals surface area contributed by atoms with E-state index < -0.39 is 11.7 Å². The van der Waals surface area contributed by atoms with Gasteiger partial charge in [-0.15, -0.1) is 11.3 Å². The van der Waals surface area contributed by atoms with E-state index in [9.17, 15) is 14.0 Å². The monoisotopic (exact) mass is 372 g/mol. The van der Waals surface area contributed by atoms with E-state index >= 15 is 0 Å². The SMILES string of the molecule is CC(=O)Nc1ccc(F)c(NC(=O)c2sc3nc(C)nc(C)c3c2C)c1. The molecule has 8 heteroatoms. The lowest BCUT2D eigenvalue weighted by atomic mass is 10.1. The third kappa shape index (κ3) is 3.41. The number of rotatable bonds is 3. The van der Waals surface area contributed by atoms with Crippen LogP contribution in [0.1, 0.15) is 33.7 Å². The van der Waals surface area contributed by atoms with Crippen LogP contribution in [0.3, 0.4) is 0 Å². The van der Waals surface area contributed by atoms with Crippen molar-refractivity contribution in [2.45, 2.75) is 27.7 Å². The Morgan fingerprint density at radius 2 is 1.85 bits per heavy atom. The van der Waals surface area contributed by atoms with E-state index in [4.69, 9.17) is 0 Å². The van der Waals surface area contributed by atoms with Crippen molar-refractivity contribution in [3.8, 4) is 0 Å². The predicted molar refractivity (Wildman–Crippen MR) is 100 cm³/mol. The van der Waals surface area contributed by atoms with Crippen LogP contribution in [-0.2, 0) is 4.79 Å². The van der Waals surface area contributed by atoms with Crippen LogP contribution >= 0.6 is 11.3 Å². The molecule has 0 aliphatic carbocycles. The van der Waals surface area contributed by atoms with E-state index in [1.165, 1.54) is 36.5 Å². The first-order valence-electron chi connectivity index (χ1n) is 7.89. The number of aryl methyl sites for hydroxylation is 3. The average molecular weight is 372 g/mol. The summed E-state index contributed by atoms with van der Waals surface area (Å²) in [5.41, 5.74) is 1.97. The maximum absolute atomic E-state index is 14.1. The molecule has 0 unspecified atom stereocenters. The molecule has 1 aromatic carbocycles. The van der Waals surface area contributed by atoms with Crippen LogP contribution in [0.2, 0.25) is 0 Å². The summed E-state index contributed by atoms with van der Waals surface area (Å²) in [7, 11) is 0. The van der Waals surface area contributed by atoms with Gasteiger partial charge in [-0.05, 0) is 44.5 Å². The summed E-state index contributed by atoms with van der Waals surface area (Å²) in [6.45, 7) is 6.84. The summed E-state index contributed by atoms with van der Waals surface area (Å²) in [5.74, 6) is -0.657. The standard InChI is InChI=1S/C18H17FN4O2S/c1-8-15-9(2)20-10(3)21-18(15)26-16(8)17(25)23-14-7-12(22-11(4)24)5-6-13(14)19/h5-7H,1-4H3,(H,22,24)(H,23,25). The van der Waals surface area contributed by atoms with E-state index in [1.54, 1.807) is 6.92 Å². The van der Waals surface area contributed by atoms with Crippen molar-refractivity contribution in [2.75, 3.05) is 10.6 Å². The molecule has 134 valence electrons. The van der Waals surface area contributed by atoms with Crippen molar-refractivity contribution in [1.82, 2.24) is 9.97 Å². The number of nitrogens with one attached hydrogen (secondary N) is 2. The number of amides is 2. The molecule has 0 atom stereocenters. The Morgan fingerprint density at radius 3 is 2.54 bits per heavy atom. The highest BCUT2D eigenvalue weighted by Crippen LogP contribution is 2.32. The molecule has 6 nitrogen and oxygen atoms in total. The first-order chi connectivity index (χ1) is 12.3. The molecule has 26 heavy (non-hydrogen) atoms. The molecule has 2 aromatic heterocycles. The van der Waals surface area contributed by atoms with E-state index in [1.807, 2.05) is 13.8 Å². The minimum absolute atomic E-state index is 0.00269. The molecule has 0 bridgehead atoms. The van der Waals surface area contributed by atoms with Gasteiger partial charge in [0.25, 0.3) is 5.91 Å². The fourth-order valence-corrected chi connectivity index (χ4v) is 3.94. The topological polar surface area (TPSA) is 84.0 Å². The largest absolute Gasteiger partial charge is 0.326 e. The second kappa shape index (κ2) is 6.80. The molecule has 0 radical (unpaired) electrons. The summed E-state index contributed by atoms with van der Waals surface area (Å²) >= 11 is 1.24. The second-order valence-corrected chi connectivity index (χ2v) is 6.92. The smallest absolute Gasteiger partial charge is 0.266 e. The van der Waals surface area contributed by atoms with Gasteiger partial charge in [-0.25, -0.2) is 14.4 Å². The van der Waals surface area contributed by atoms with E-state index in [-0.39, 0.29) is 11.6 Å². The Kier molecular flexibility index (Phi) is 4.69. The number of fused-ring (bicyclic) bond motifs is 1. The number of benzene rings is 1. The van der Waals surface area contributed by atoms with Crippen molar-refractivity contribution >= 4 is 44.7 Å². The fraction of sp³-hybridized carbons (Fsp3) is 0.222. The van der Waals surface area contributed by atoms with E-state index in [0.29, 0.717) is 16.4 Å². The molecule has 0 spiro atoms. The zero-order valence-electron chi connectivity index (χ0n) is 14.7. The van der Waals surface area contributed by atoms with Crippen molar-refractivity contribution in [3.63, 3.8) is 0 Å². The molecule has 0 saturated heterocycles. The summed E-state index contributed by atoms with van der Waals surface area (Å²) in [6, 6.07) is 4.00. The van der Waals surface area contributed by atoms with Gasteiger partial charge in [-0.1, -0.05) is 0 Å². The summed E-state index contributed by atoms with van der Waals surface area (Å²) in [5, 5.41) is 5.98. The van der Waals surface area contributed by atoms with Gasteiger partial charge >= 0.3 is 0 Å². The second-order valence-electron chi connectivity index (χ2n) is 5.92. The van der Waals surface area contributed by atoms with Gasteiger partial charge in [0.1, 0.15) is 16.5 Å². The third-order valence-electron chi connectivity index (χ3n) is 3.82. The molecule has 2 amide bonds. The predicted octanol–water partition coefficient (Wildman–Crippen LogP) is 3.97. The number of carbonyl (C=O) groups excluding carboxylic acids is 2. The minimum Gasteiger partial charge on any atom is -0.326 e. The highest BCUT2D eigenvalue weighted by Gasteiger charge is 2.20. The Morgan fingerprint density at radius 1 is 1.12 bits per heavy atom. The number of halogens is 1. The number of hydrogen-bond donors (Lipinski definition) is 2. The highest BCUT2D eigenvalue weighted by atomic mass is 32.1. The van der Waals surface area contributed by atoms with Gasteiger partial charge in [0.05, 0.1) is 10.6 Å². The van der Waals surface area contributed by atoms with Gasteiger partial charge in [0, 0.05) is 23.7 Å². The quantitative estimate of drug-likeness (QED) is 0.729. The third-order valence-corrected chi connectivity index (χ3v) is 5.01. The molecule has 2 heterocycles. The first-order valence-corrected chi connectivity index (χ1v) is 8.70. The maximum atomic E-state index is 14.1. The number of thiophene rings is 1.